The summed E-state index contributed by atoms with van der Waals surface area (Å²) in [5, 5.41) is 0. The van der Waals surface area contributed by atoms with Crippen molar-refractivity contribution in [1.82, 2.24) is 0 Å². The highest BCUT2D eigenvalue weighted by atomic mass is 32.4. The molecule has 122 valence electrons. The lowest BCUT2D eigenvalue weighted by Gasteiger charge is -2.36. The van der Waals surface area contributed by atoms with Crippen LogP contribution in [0.5, 0.6) is 0 Å². The summed E-state index contributed by atoms with van der Waals surface area (Å²) >= 11 is 2.24. The predicted molar refractivity (Wildman–Crippen MR) is 95.0 cm³/mol. The van der Waals surface area contributed by atoms with Gasteiger partial charge in [0, 0.05) is 27.4 Å². The summed E-state index contributed by atoms with van der Waals surface area (Å²) in [5.41, 5.74) is 0.177. The Labute approximate surface area is 132 Å². The van der Waals surface area contributed by atoms with Crippen molar-refractivity contribution in [2.45, 2.75) is 58.8 Å². The fourth-order valence-corrected chi connectivity index (χ4v) is 11.8. The van der Waals surface area contributed by atoms with Crippen LogP contribution in [0, 0.1) is 5.41 Å². The molecule has 0 heterocycles. The molecule has 0 bridgehead atoms. The van der Waals surface area contributed by atoms with E-state index in [1.165, 1.54) is 23.9 Å². The Balaban J connectivity index is 4.74. The second-order valence-electron chi connectivity index (χ2n) is 6.17. The molecular formula is C14H34O3SSi2. The van der Waals surface area contributed by atoms with Crippen molar-refractivity contribution in [3.05, 3.63) is 0 Å². The van der Waals surface area contributed by atoms with E-state index < -0.39 is 16.0 Å². The van der Waals surface area contributed by atoms with Crippen molar-refractivity contribution in [1.29, 1.82) is 0 Å². The first-order chi connectivity index (χ1) is 9.28. The summed E-state index contributed by atoms with van der Waals surface area (Å²) in [6, 6.07) is 4.96. The molecule has 0 aromatic heterocycles. The highest BCUT2D eigenvalue weighted by Crippen LogP contribution is 2.40. The Bertz CT molecular complexity index is 251. The monoisotopic (exact) mass is 338 g/mol. The van der Waals surface area contributed by atoms with Gasteiger partial charge in [0.15, 0.2) is 0 Å². The Hall–Kier alpha value is 0.664. The SMILES string of the molecule is CC[Si](CC)(CC)SCC(C)(C)C[Si](OC)(OC)OC. The van der Waals surface area contributed by atoms with Crippen molar-refractivity contribution in [3.63, 3.8) is 0 Å². The molecular weight excluding hydrogens is 304 g/mol. The van der Waals surface area contributed by atoms with Crippen LogP contribution >= 0.6 is 11.2 Å². The van der Waals surface area contributed by atoms with E-state index in [-0.39, 0.29) is 5.41 Å². The zero-order chi connectivity index (χ0) is 15.9. The van der Waals surface area contributed by atoms with Gasteiger partial charge in [-0.1, -0.05) is 52.8 Å². The van der Waals surface area contributed by atoms with Crippen LogP contribution < -0.4 is 0 Å². The molecule has 3 nitrogen and oxygen atoms in total. The highest BCUT2D eigenvalue weighted by Gasteiger charge is 2.44. The first-order valence-electron chi connectivity index (χ1n) is 7.57. The van der Waals surface area contributed by atoms with E-state index in [1.54, 1.807) is 21.3 Å². The number of hydrogen-bond donors (Lipinski definition) is 0. The highest BCUT2D eigenvalue weighted by molar-refractivity contribution is 8.29. The van der Waals surface area contributed by atoms with Gasteiger partial charge in [0.2, 0.25) is 0 Å². The van der Waals surface area contributed by atoms with Crippen LogP contribution in [0.15, 0.2) is 0 Å². The van der Waals surface area contributed by atoms with Crippen molar-refractivity contribution in [2.75, 3.05) is 27.1 Å². The van der Waals surface area contributed by atoms with Gasteiger partial charge in [-0.2, -0.15) is 11.2 Å². The Morgan fingerprint density at radius 1 is 0.850 bits per heavy atom. The Kier molecular flexibility index (Phi) is 9.25. The molecule has 0 unspecified atom stereocenters. The second kappa shape index (κ2) is 8.95. The molecule has 0 rings (SSSR count). The lowest BCUT2D eigenvalue weighted by atomic mass is 10.00. The van der Waals surface area contributed by atoms with Crippen molar-refractivity contribution < 1.29 is 13.3 Å². The molecule has 0 atom stereocenters. The van der Waals surface area contributed by atoms with Crippen LogP contribution in [0.4, 0.5) is 0 Å². The maximum absolute atomic E-state index is 5.58. The van der Waals surface area contributed by atoms with Crippen LogP contribution in [0.2, 0.25) is 24.2 Å². The van der Waals surface area contributed by atoms with E-state index in [2.05, 4.69) is 45.8 Å². The van der Waals surface area contributed by atoms with Crippen molar-refractivity contribution >= 4 is 27.2 Å². The Morgan fingerprint density at radius 3 is 1.55 bits per heavy atom. The average Bonchev–Trinajstić information content (AvgIpc) is 2.47. The fraction of sp³-hybridized carbons (Fsp3) is 1.00. The first-order valence-corrected chi connectivity index (χ1v) is 13.8. The van der Waals surface area contributed by atoms with Crippen LogP contribution in [0.1, 0.15) is 34.6 Å². The molecule has 0 spiro atoms. The normalized spacial score (nSPS) is 13.8. The van der Waals surface area contributed by atoms with Crippen LogP contribution in [-0.4, -0.2) is 43.1 Å². The van der Waals surface area contributed by atoms with Gasteiger partial charge in [-0.15, -0.1) is 0 Å². The summed E-state index contributed by atoms with van der Waals surface area (Å²) in [6.45, 7) is 11.7. The van der Waals surface area contributed by atoms with Crippen LogP contribution in [0.3, 0.4) is 0 Å². The van der Waals surface area contributed by atoms with E-state index in [1.807, 2.05) is 0 Å². The van der Waals surface area contributed by atoms with Gasteiger partial charge in [0.25, 0.3) is 0 Å². The second-order valence-corrected chi connectivity index (χ2v) is 17.6. The number of rotatable bonds is 11. The van der Waals surface area contributed by atoms with Crippen molar-refractivity contribution in [2.24, 2.45) is 5.41 Å². The summed E-state index contributed by atoms with van der Waals surface area (Å²) in [6.07, 6.45) is 0. The zero-order valence-corrected chi connectivity index (χ0v) is 17.5. The number of hydrogen-bond acceptors (Lipinski definition) is 4. The minimum Gasteiger partial charge on any atom is -0.377 e. The predicted octanol–water partition coefficient (Wildman–Crippen LogP) is 4.63. The quantitative estimate of drug-likeness (QED) is 0.513. The van der Waals surface area contributed by atoms with E-state index >= 15 is 0 Å². The summed E-state index contributed by atoms with van der Waals surface area (Å²) in [4.78, 5) is 0. The molecule has 0 aromatic carbocycles. The molecule has 0 fully saturated rings. The van der Waals surface area contributed by atoms with Gasteiger partial charge in [-0.05, 0) is 11.2 Å². The van der Waals surface area contributed by atoms with E-state index in [0.29, 0.717) is 0 Å². The van der Waals surface area contributed by atoms with E-state index in [0.717, 1.165) is 6.04 Å². The molecule has 6 heteroatoms. The van der Waals surface area contributed by atoms with Crippen molar-refractivity contribution in [3.8, 4) is 0 Å². The van der Waals surface area contributed by atoms with E-state index in [4.69, 9.17) is 13.3 Å². The molecule has 20 heavy (non-hydrogen) atoms. The van der Waals surface area contributed by atoms with Gasteiger partial charge in [-0.3, -0.25) is 0 Å². The van der Waals surface area contributed by atoms with Gasteiger partial charge >= 0.3 is 8.80 Å². The molecule has 0 saturated heterocycles. The van der Waals surface area contributed by atoms with Crippen LogP contribution in [0.25, 0.3) is 0 Å². The summed E-state index contributed by atoms with van der Waals surface area (Å²) in [5.74, 6) is 1.17. The Morgan fingerprint density at radius 2 is 1.25 bits per heavy atom. The lowest BCUT2D eigenvalue weighted by molar-refractivity contribution is 0.113. The molecule has 0 aliphatic carbocycles. The van der Waals surface area contributed by atoms with Gasteiger partial charge < -0.3 is 13.3 Å². The first kappa shape index (κ1) is 20.7. The maximum atomic E-state index is 5.58. The molecule has 0 radical (unpaired) electrons. The van der Waals surface area contributed by atoms with Gasteiger partial charge in [0.05, 0.1) is 0 Å². The molecule has 0 aromatic rings. The van der Waals surface area contributed by atoms with E-state index in [9.17, 15) is 0 Å². The van der Waals surface area contributed by atoms with Gasteiger partial charge in [0.1, 0.15) is 7.22 Å². The molecule has 0 saturated carbocycles. The molecule has 0 amide bonds. The largest absolute Gasteiger partial charge is 0.500 e. The van der Waals surface area contributed by atoms with Crippen LogP contribution in [-0.2, 0) is 13.3 Å². The third kappa shape index (κ3) is 5.81. The fourth-order valence-electron chi connectivity index (χ4n) is 2.51. The average molecular weight is 339 g/mol. The van der Waals surface area contributed by atoms with Gasteiger partial charge in [-0.25, -0.2) is 0 Å². The topological polar surface area (TPSA) is 27.7 Å². The summed E-state index contributed by atoms with van der Waals surface area (Å²) < 4.78 is 16.7. The standard InChI is InChI=1S/C14H34O3SSi2/c1-9-19(10-2,11-3)18-12-14(4,5)13-20(15-6,16-7)17-8/h9-13H2,1-8H3. The summed E-state index contributed by atoms with van der Waals surface area (Å²) in [7, 11) is 1.50. The molecule has 0 aliphatic rings. The zero-order valence-electron chi connectivity index (χ0n) is 14.7. The molecule has 0 N–H and O–H groups in total. The maximum Gasteiger partial charge on any atom is 0.500 e. The third-order valence-corrected chi connectivity index (χ3v) is 17.9. The minimum atomic E-state index is -2.48. The minimum absolute atomic E-state index is 0.177. The smallest absolute Gasteiger partial charge is 0.377 e. The third-order valence-electron chi connectivity index (χ3n) is 4.33. The lowest BCUT2D eigenvalue weighted by Crippen LogP contribution is -2.47. The molecule has 0 aliphatic heterocycles.